The van der Waals surface area contributed by atoms with Crippen molar-refractivity contribution in [3.8, 4) is 11.5 Å². The van der Waals surface area contributed by atoms with E-state index in [1.54, 1.807) is 11.3 Å². The Morgan fingerprint density at radius 1 is 1.06 bits per heavy atom. The van der Waals surface area contributed by atoms with Gasteiger partial charge in [-0.3, -0.25) is 9.59 Å². The smallest absolute Gasteiger partial charge is 0.263 e. The van der Waals surface area contributed by atoms with Crippen molar-refractivity contribution in [2.75, 3.05) is 19.9 Å². The summed E-state index contributed by atoms with van der Waals surface area (Å²) < 4.78 is 10.7. The Morgan fingerprint density at radius 2 is 1.87 bits per heavy atom. The predicted octanol–water partition coefficient (Wildman–Crippen LogP) is 3.91. The van der Waals surface area contributed by atoms with Gasteiger partial charge in [-0.25, -0.2) is 0 Å². The van der Waals surface area contributed by atoms with Gasteiger partial charge >= 0.3 is 0 Å². The summed E-state index contributed by atoms with van der Waals surface area (Å²) in [5.74, 6) is 1.68. The number of likely N-dealkylation sites (tertiary alicyclic amines) is 1. The Morgan fingerprint density at radius 3 is 2.71 bits per heavy atom. The van der Waals surface area contributed by atoms with Crippen molar-refractivity contribution in [2.45, 2.75) is 51.5 Å². The summed E-state index contributed by atoms with van der Waals surface area (Å²) in [6.07, 6.45) is 7.05. The number of nitrogens with one attached hydrogen (secondary N) is 1. The molecule has 1 aromatic heterocycles. The molecule has 31 heavy (non-hydrogen) atoms. The molecule has 2 amide bonds. The van der Waals surface area contributed by atoms with Crippen molar-refractivity contribution in [2.24, 2.45) is 5.92 Å². The number of thiophene rings is 1. The van der Waals surface area contributed by atoms with Gasteiger partial charge in [-0.05, 0) is 61.4 Å². The van der Waals surface area contributed by atoms with Crippen LogP contribution in [0.1, 0.15) is 57.8 Å². The zero-order valence-corrected chi connectivity index (χ0v) is 18.5. The number of carbonyl (C=O) groups excluding carboxylic acids is 2. The molecule has 1 saturated heterocycles. The van der Waals surface area contributed by atoms with Crippen LogP contribution >= 0.6 is 11.3 Å². The Balaban J connectivity index is 1.19. The topological polar surface area (TPSA) is 67.9 Å². The summed E-state index contributed by atoms with van der Waals surface area (Å²) >= 11 is 1.63. The average molecular weight is 441 g/mol. The average Bonchev–Trinajstić information content (AvgIpc) is 3.34. The van der Waals surface area contributed by atoms with E-state index in [9.17, 15) is 9.59 Å². The lowest BCUT2D eigenvalue weighted by atomic mass is 9.87. The monoisotopic (exact) mass is 440 g/mol. The van der Waals surface area contributed by atoms with Crippen molar-refractivity contribution in [3.05, 3.63) is 45.1 Å². The molecular formula is C24H28N2O4S. The number of carbonyl (C=O) groups is 2. The second kappa shape index (κ2) is 8.91. The molecule has 0 spiro atoms. The van der Waals surface area contributed by atoms with Crippen molar-refractivity contribution in [1.29, 1.82) is 0 Å². The molecule has 1 aromatic carbocycles. The molecule has 3 heterocycles. The number of nitrogens with zero attached hydrogens (tertiary/aromatic N) is 1. The highest BCUT2D eigenvalue weighted by Crippen LogP contribution is 2.34. The number of hydrogen-bond acceptors (Lipinski definition) is 5. The normalized spacial score (nSPS) is 20.1. The van der Waals surface area contributed by atoms with E-state index in [0.717, 1.165) is 60.7 Å². The number of amides is 2. The molecule has 2 aromatic rings. The van der Waals surface area contributed by atoms with Gasteiger partial charge in [0, 0.05) is 30.4 Å². The predicted molar refractivity (Wildman–Crippen MR) is 119 cm³/mol. The van der Waals surface area contributed by atoms with Gasteiger partial charge in [0.1, 0.15) is 0 Å². The summed E-state index contributed by atoms with van der Waals surface area (Å²) in [5, 5.41) is 3.07. The first-order chi connectivity index (χ1) is 15.2. The quantitative estimate of drug-likeness (QED) is 0.783. The maximum atomic E-state index is 13.0. The van der Waals surface area contributed by atoms with Gasteiger partial charge in [0.15, 0.2) is 11.5 Å². The first kappa shape index (κ1) is 20.4. The van der Waals surface area contributed by atoms with Crippen LogP contribution in [0.2, 0.25) is 0 Å². The summed E-state index contributed by atoms with van der Waals surface area (Å²) in [4.78, 5) is 29.9. The second-order valence-electron chi connectivity index (χ2n) is 8.61. The standard InChI is InChI=1S/C24H28N2O4S/c27-23(25-14-16-5-7-19-20(11-16)30-15-29-19)17-6-8-21-18(12-17)13-22(31-21)24(28)26-9-3-1-2-4-10-26/h5,7,11,13,17H,1-4,6,8-10,12,14-15H2,(H,25,27)/t17-/m0/s1. The lowest BCUT2D eigenvalue weighted by molar-refractivity contribution is -0.125. The van der Waals surface area contributed by atoms with Crippen LogP contribution in [0, 0.1) is 5.92 Å². The lowest BCUT2D eigenvalue weighted by Crippen LogP contribution is -2.33. The summed E-state index contributed by atoms with van der Waals surface area (Å²) in [7, 11) is 0. The SMILES string of the molecule is O=C(NCc1ccc2c(c1)OCO2)[C@H]1CCc2sc(C(=O)N3CCCCCC3)cc2C1. The Bertz CT molecular complexity index is 978. The first-order valence-corrected chi connectivity index (χ1v) is 12.1. The fourth-order valence-corrected chi connectivity index (χ4v) is 5.84. The molecule has 1 atom stereocenters. The minimum atomic E-state index is -0.0442. The molecule has 2 aliphatic heterocycles. The van der Waals surface area contributed by atoms with E-state index in [2.05, 4.69) is 5.32 Å². The van der Waals surface area contributed by atoms with E-state index in [-0.39, 0.29) is 24.5 Å². The maximum absolute atomic E-state index is 13.0. The van der Waals surface area contributed by atoms with E-state index in [0.29, 0.717) is 13.0 Å². The van der Waals surface area contributed by atoms with E-state index in [1.165, 1.54) is 23.3 Å². The number of benzene rings is 1. The summed E-state index contributed by atoms with van der Waals surface area (Å²) in [6, 6.07) is 7.79. The van der Waals surface area contributed by atoms with Crippen LogP contribution in [0.25, 0.3) is 0 Å². The third kappa shape index (κ3) is 4.42. The van der Waals surface area contributed by atoms with Crippen LogP contribution in [-0.2, 0) is 24.2 Å². The molecule has 0 unspecified atom stereocenters. The Labute approximate surface area is 186 Å². The molecule has 6 nitrogen and oxygen atoms in total. The number of hydrogen-bond donors (Lipinski definition) is 1. The largest absolute Gasteiger partial charge is 0.454 e. The highest BCUT2D eigenvalue weighted by Gasteiger charge is 2.28. The van der Waals surface area contributed by atoms with Crippen LogP contribution in [0.3, 0.4) is 0 Å². The highest BCUT2D eigenvalue weighted by molar-refractivity contribution is 7.14. The Hall–Kier alpha value is -2.54. The molecule has 1 N–H and O–H groups in total. The van der Waals surface area contributed by atoms with Crippen molar-refractivity contribution in [3.63, 3.8) is 0 Å². The van der Waals surface area contributed by atoms with Crippen LogP contribution in [-0.4, -0.2) is 36.6 Å². The van der Waals surface area contributed by atoms with Gasteiger partial charge in [0.05, 0.1) is 4.88 Å². The molecule has 5 rings (SSSR count). The van der Waals surface area contributed by atoms with Gasteiger partial charge in [-0.15, -0.1) is 11.3 Å². The second-order valence-corrected chi connectivity index (χ2v) is 9.75. The van der Waals surface area contributed by atoms with E-state index in [4.69, 9.17) is 9.47 Å². The third-order valence-electron chi connectivity index (χ3n) is 6.46. The van der Waals surface area contributed by atoms with E-state index >= 15 is 0 Å². The van der Waals surface area contributed by atoms with Crippen molar-refractivity contribution < 1.29 is 19.1 Å². The molecule has 0 saturated carbocycles. The zero-order valence-electron chi connectivity index (χ0n) is 17.7. The van der Waals surface area contributed by atoms with Gasteiger partial charge in [-0.1, -0.05) is 18.9 Å². The molecule has 1 fully saturated rings. The minimum Gasteiger partial charge on any atom is -0.454 e. The number of ether oxygens (including phenoxy) is 2. The third-order valence-corrected chi connectivity index (χ3v) is 7.69. The van der Waals surface area contributed by atoms with Crippen LogP contribution in [0.5, 0.6) is 11.5 Å². The molecule has 164 valence electrons. The van der Waals surface area contributed by atoms with Gasteiger partial charge in [0.2, 0.25) is 12.7 Å². The van der Waals surface area contributed by atoms with Gasteiger partial charge < -0.3 is 19.7 Å². The fourth-order valence-electron chi connectivity index (χ4n) is 4.67. The first-order valence-electron chi connectivity index (χ1n) is 11.2. The van der Waals surface area contributed by atoms with E-state index in [1.807, 2.05) is 29.2 Å². The minimum absolute atomic E-state index is 0.0442. The maximum Gasteiger partial charge on any atom is 0.263 e. The van der Waals surface area contributed by atoms with E-state index < -0.39 is 0 Å². The summed E-state index contributed by atoms with van der Waals surface area (Å²) in [6.45, 7) is 2.46. The van der Waals surface area contributed by atoms with Crippen LogP contribution in [0.15, 0.2) is 24.3 Å². The van der Waals surface area contributed by atoms with Crippen molar-refractivity contribution >= 4 is 23.2 Å². The molecule has 0 bridgehead atoms. The lowest BCUT2D eigenvalue weighted by Gasteiger charge is -2.21. The van der Waals surface area contributed by atoms with Crippen LogP contribution < -0.4 is 14.8 Å². The molecule has 1 aliphatic carbocycles. The van der Waals surface area contributed by atoms with Gasteiger partial charge in [-0.2, -0.15) is 0 Å². The van der Waals surface area contributed by atoms with Gasteiger partial charge in [0.25, 0.3) is 5.91 Å². The highest BCUT2D eigenvalue weighted by atomic mass is 32.1. The molecule has 3 aliphatic rings. The molecule has 0 radical (unpaired) electrons. The summed E-state index contributed by atoms with van der Waals surface area (Å²) in [5.41, 5.74) is 2.17. The molecule has 7 heteroatoms. The number of fused-ring (bicyclic) bond motifs is 2. The number of aryl methyl sites for hydroxylation is 1. The molecular weight excluding hydrogens is 412 g/mol. The van der Waals surface area contributed by atoms with Crippen LogP contribution in [0.4, 0.5) is 0 Å². The zero-order chi connectivity index (χ0) is 21.2. The van der Waals surface area contributed by atoms with Crippen molar-refractivity contribution in [1.82, 2.24) is 10.2 Å². The number of rotatable bonds is 4. The Kier molecular flexibility index (Phi) is 5.85. The fraction of sp³-hybridized carbons (Fsp3) is 0.500.